The van der Waals surface area contributed by atoms with E-state index in [1.165, 1.54) is 56.9 Å². The smallest absolute Gasteiger partial charge is 0.159 e. The number of alkyl halides is 1. The third kappa shape index (κ3) is 11.6. The normalized spacial score (nSPS) is 13.1. The lowest BCUT2D eigenvalue weighted by Gasteiger charge is -2.11. The van der Waals surface area contributed by atoms with Gasteiger partial charge in [-0.2, -0.15) is 0 Å². The van der Waals surface area contributed by atoms with E-state index in [9.17, 15) is 4.39 Å². The van der Waals surface area contributed by atoms with Crippen LogP contribution in [0.15, 0.2) is 36.7 Å². The molecule has 0 saturated carbocycles. The molecule has 2 aromatic rings. The number of aryl methyl sites for hydroxylation is 1. The number of rotatable bonds is 18. The van der Waals surface area contributed by atoms with Gasteiger partial charge in [0.1, 0.15) is 6.17 Å². The fourth-order valence-corrected chi connectivity index (χ4v) is 3.99. The predicted octanol–water partition coefficient (Wildman–Crippen LogP) is 8.76. The second-order valence-electron chi connectivity index (χ2n) is 9.49. The number of aromatic nitrogens is 2. The predicted molar refractivity (Wildman–Crippen MR) is 137 cm³/mol. The zero-order valence-corrected chi connectivity index (χ0v) is 21.2. The van der Waals surface area contributed by atoms with Crippen LogP contribution in [0.1, 0.15) is 103 Å². The molecule has 1 aromatic heterocycles. The summed E-state index contributed by atoms with van der Waals surface area (Å²) >= 11 is 0. The number of hydrogen-bond donors (Lipinski definition) is 0. The molecule has 3 nitrogen and oxygen atoms in total. The highest BCUT2D eigenvalue weighted by molar-refractivity contribution is 5.55. The molecular weight excluding hydrogens is 411 g/mol. The first-order valence-electron chi connectivity index (χ1n) is 13.3. The van der Waals surface area contributed by atoms with Crippen LogP contribution in [0.3, 0.4) is 0 Å². The molecule has 1 aromatic carbocycles. The number of ether oxygens (including phenoxy) is 1. The summed E-state index contributed by atoms with van der Waals surface area (Å²) in [6, 6.07) is 8.56. The average Bonchev–Trinajstić information content (AvgIpc) is 2.84. The Bertz CT molecular complexity index is 732. The Morgan fingerprint density at radius 3 is 2.15 bits per heavy atom. The van der Waals surface area contributed by atoms with E-state index < -0.39 is 6.17 Å². The first-order chi connectivity index (χ1) is 16.1. The molecule has 0 radical (unpaired) electrons. The minimum absolute atomic E-state index is 0.362. The molecule has 0 aliphatic carbocycles. The Morgan fingerprint density at radius 1 is 0.818 bits per heavy atom. The molecule has 4 heteroatoms. The number of benzene rings is 1. The van der Waals surface area contributed by atoms with Crippen molar-refractivity contribution < 1.29 is 9.13 Å². The van der Waals surface area contributed by atoms with Crippen molar-refractivity contribution in [2.75, 3.05) is 6.61 Å². The van der Waals surface area contributed by atoms with E-state index in [2.05, 4.69) is 55.0 Å². The molecule has 0 aliphatic rings. The van der Waals surface area contributed by atoms with Crippen LogP contribution in [0.5, 0.6) is 5.75 Å². The van der Waals surface area contributed by atoms with Gasteiger partial charge in [-0.15, -0.1) is 0 Å². The van der Waals surface area contributed by atoms with Crippen molar-refractivity contribution in [2.45, 2.75) is 110 Å². The molecule has 0 spiro atoms. The molecule has 2 atom stereocenters. The minimum atomic E-state index is -0.797. The van der Waals surface area contributed by atoms with E-state index in [0.29, 0.717) is 36.9 Å². The molecule has 2 rings (SSSR count). The lowest BCUT2D eigenvalue weighted by Crippen LogP contribution is -2.08. The summed E-state index contributed by atoms with van der Waals surface area (Å²) in [7, 11) is 0. The van der Waals surface area contributed by atoms with Gasteiger partial charge in [0, 0.05) is 12.0 Å². The number of halogens is 1. The first kappa shape index (κ1) is 27.3. The van der Waals surface area contributed by atoms with Crippen molar-refractivity contribution in [1.29, 1.82) is 0 Å². The van der Waals surface area contributed by atoms with Gasteiger partial charge in [-0.05, 0) is 30.7 Å². The standard InChI is InChI=1S/C29H45FN2O/c1-4-6-7-8-9-10-11-14-25-16-18-26(19-17-25)29-31-22-28(23-32-29)33-21-20-27(30)15-12-13-24(3)5-2/h16-19,22-24,27H,4-15,20-21H2,1-3H3. The largest absolute Gasteiger partial charge is 0.490 e. The van der Waals surface area contributed by atoms with Crippen LogP contribution in [0.25, 0.3) is 11.4 Å². The van der Waals surface area contributed by atoms with E-state index in [4.69, 9.17) is 4.74 Å². The van der Waals surface area contributed by atoms with E-state index >= 15 is 0 Å². The molecule has 184 valence electrons. The maximum atomic E-state index is 14.0. The molecule has 0 bridgehead atoms. The van der Waals surface area contributed by atoms with Gasteiger partial charge in [-0.3, -0.25) is 0 Å². The minimum Gasteiger partial charge on any atom is -0.490 e. The van der Waals surface area contributed by atoms with Gasteiger partial charge in [0.25, 0.3) is 0 Å². The van der Waals surface area contributed by atoms with Crippen molar-refractivity contribution in [3.05, 3.63) is 42.2 Å². The Balaban J connectivity index is 1.66. The fraction of sp³-hybridized carbons (Fsp3) is 0.655. The number of nitrogens with zero attached hydrogens (tertiary/aromatic N) is 2. The Hall–Kier alpha value is -1.97. The Morgan fingerprint density at radius 2 is 1.48 bits per heavy atom. The van der Waals surface area contributed by atoms with Gasteiger partial charge in [-0.1, -0.05) is 103 Å². The topological polar surface area (TPSA) is 35.0 Å². The highest BCUT2D eigenvalue weighted by Crippen LogP contribution is 2.20. The van der Waals surface area contributed by atoms with Crippen LogP contribution >= 0.6 is 0 Å². The van der Waals surface area contributed by atoms with Crippen LogP contribution < -0.4 is 4.74 Å². The highest BCUT2D eigenvalue weighted by Gasteiger charge is 2.09. The summed E-state index contributed by atoms with van der Waals surface area (Å²) in [5.74, 6) is 1.98. The number of unbranched alkanes of at least 4 members (excludes halogenated alkanes) is 6. The summed E-state index contributed by atoms with van der Waals surface area (Å²) in [5.41, 5.74) is 2.38. The molecule has 0 N–H and O–H groups in total. The van der Waals surface area contributed by atoms with Crippen LogP contribution in [0, 0.1) is 5.92 Å². The molecule has 0 fully saturated rings. The van der Waals surface area contributed by atoms with Crippen molar-refractivity contribution in [3.8, 4) is 17.1 Å². The fourth-order valence-electron chi connectivity index (χ4n) is 3.99. The second kappa shape index (κ2) is 16.6. The molecule has 1 heterocycles. The van der Waals surface area contributed by atoms with Gasteiger partial charge in [0.2, 0.25) is 0 Å². The third-order valence-electron chi connectivity index (χ3n) is 6.52. The molecule has 33 heavy (non-hydrogen) atoms. The zero-order valence-electron chi connectivity index (χ0n) is 21.2. The average molecular weight is 457 g/mol. The van der Waals surface area contributed by atoms with Crippen LogP contribution in [-0.2, 0) is 6.42 Å². The summed E-state index contributed by atoms with van der Waals surface area (Å²) < 4.78 is 19.7. The van der Waals surface area contributed by atoms with Gasteiger partial charge >= 0.3 is 0 Å². The van der Waals surface area contributed by atoms with E-state index in [1.54, 1.807) is 12.4 Å². The molecule has 0 saturated heterocycles. The summed E-state index contributed by atoms with van der Waals surface area (Å²) in [6.07, 6.45) is 17.3. The molecule has 2 unspecified atom stereocenters. The summed E-state index contributed by atoms with van der Waals surface area (Å²) in [6.45, 7) is 7.04. The van der Waals surface area contributed by atoms with Crippen molar-refractivity contribution >= 4 is 0 Å². The van der Waals surface area contributed by atoms with Gasteiger partial charge in [0.05, 0.1) is 19.0 Å². The van der Waals surface area contributed by atoms with Crippen molar-refractivity contribution in [2.24, 2.45) is 5.92 Å². The SMILES string of the molecule is CCCCCCCCCc1ccc(-c2ncc(OCCC(F)CCCC(C)CC)cn2)cc1. The summed E-state index contributed by atoms with van der Waals surface area (Å²) in [4.78, 5) is 8.87. The van der Waals surface area contributed by atoms with E-state index in [1.807, 2.05) is 0 Å². The third-order valence-corrected chi connectivity index (χ3v) is 6.52. The Kier molecular flexibility index (Phi) is 13.7. The maximum Gasteiger partial charge on any atom is 0.159 e. The molecule has 0 amide bonds. The van der Waals surface area contributed by atoms with Gasteiger partial charge in [-0.25, -0.2) is 14.4 Å². The first-order valence-corrected chi connectivity index (χ1v) is 13.3. The number of hydrogen-bond acceptors (Lipinski definition) is 3. The summed E-state index contributed by atoms with van der Waals surface area (Å²) in [5, 5.41) is 0. The van der Waals surface area contributed by atoms with Crippen molar-refractivity contribution in [1.82, 2.24) is 9.97 Å². The van der Waals surface area contributed by atoms with Crippen LogP contribution in [0.4, 0.5) is 4.39 Å². The van der Waals surface area contributed by atoms with Crippen molar-refractivity contribution in [3.63, 3.8) is 0 Å². The monoisotopic (exact) mass is 456 g/mol. The Labute approximate surface area is 201 Å². The van der Waals surface area contributed by atoms with E-state index in [-0.39, 0.29) is 0 Å². The highest BCUT2D eigenvalue weighted by atomic mass is 19.1. The lowest BCUT2D eigenvalue weighted by molar-refractivity contribution is 0.219. The van der Waals surface area contributed by atoms with Gasteiger partial charge < -0.3 is 4.74 Å². The quantitative estimate of drug-likeness (QED) is 0.210. The molecule has 0 aliphatic heterocycles. The van der Waals surface area contributed by atoms with E-state index in [0.717, 1.165) is 24.8 Å². The van der Waals surface area contributed by atoms with Gasteiger partial charge in [0.15, 0.2) is 11.6 Å². The lowest BCUT2D eigenvalue weighted by atomic mass is 10.00. The van der Waals surface area contributed by atoms with Crippen LogP contribution in [0.2, 0.25) is 0 Å². The molecular formula is C29H45FN2O. The zero-order chi connectivity index (χ0) is 23.7. The second-order valence-corrected chi connectivity index (χ2v) is 9.49. The maximum absolute atomic E-state index is 14.0. The van der Waals surface area contributed by atoms with Crippen LogP contribution in [-0.4, -0.2) is 22.7 Å².